The molecular weight excluding hydrogens is 308 g/mol. The smallest absolute Gasteiger partial charge is 0.255 e. The molecule has 2 heterocycles. The number of halogens is 1. The zero-order chi connectivity index (χ0) is 15.9. The van der Waals surface area contributed by atoms with Crippen LogP contribution in [-0.4, -0.2) is 59.9 Å². The van der Waals surface area contributed by atoms with Gasteiger partial charge in [-0.1, -0.05) is 11.6 Å². The lowest BCUT2D eigenvalue weighted by molar-refractivity contribution is 0.0238. The first-order valence-electron chi connectivity index (χ1n) is 7.45. The van der Waals surface area contributed by atoms with Gasteiger partial charge in [-0.15, -0.1) is 0 Å². The maximum atomic E-state index is 12.3. The van der Waals surface area contributed by atoms with Gasteiger partial charge in [0.2, 0.25) is 5.88 Å². The van der Waals surface area contributed by atoms with Gasteiger partial charge in [-0.3, -0.25) is 4.79 Å². The molecule has 0 bridgehead atoms. The van der Waals surface area contributed by atoms with Crippen molar-refractivity contribution in [2.75, 3.05) is 32.9 Å². The Kier molecular flexibility index (Phi) is 6.42. The van der Waals surface area contributed by atoms with Crippen molar-refractivity contribution in [2.45, 2.75) is 25.9 Å². The number of carbonyl (C=O) groups excluding carboxylic acids is 1. The molecule has 0 saturated carbocycles. The molecule has 1 saturated heterocycles. The molecule has 1 aromatic heterocycles. The van der Waals surface area contributed by atoms with E-state index in [-0.39, 0.29) is 25.2 Å². The monoisotopic (exact) mass is 328 g/mol. The highest BCUT2D eigenvalue weighted by Gasteiger charge is 2.20. The third-order valence-electron chi connectivity index (χ3n) is 3.54. The molecule has 22 heavy (non-hydrogen) atoms. The van der Waals surface area contributed by atoms with Crippen LogP contribution in [-0.2, 0) is 4.74 Å². The number of hydrogen-bond acceptors (Lipinski definition) is 5. The Labute approximate surface area is 135 Å². The third kappa shape index (κ3) is 4.32. The normalized spacial score (nSPS) is 15.6. The molecule has 6 nitrogen and oxygen atoms in total. The number of aliphatic hydroxyl groups is 1. The summed E-state index contributed by atoms with van der Waals surface area (Å²) in [6.45, 7) is 3.92. The third-order valence-corrected chi connectivity index (χ3v) is 3.81. The molecule has 0 atom stereocenters. The van der Waals surface area contributed by atoms with Crippen LogP contribution in [0.15, 0.2) is 12.3 Å². The molecule has 7 heteroatoms. The number of aliphatic hydroxyl groups excluding tert-OH is 1. The lowest BCUT2D eigenvalue weighted by Gasteiger charge is -2.23. The van der Waals surface area contributed by atoms with E-state index < -0.39 is 0 Å². The van der Waals surface area contributed by atoms with Crippen molar-refractivity contribution in [3.05, 3.63) is 22.8 Å². The van der Waals surface area contributed by atoms with Crippen LogP contribution in [0.2, 0.25) is 5.02 Å². The first-order valence-corrected chi connectivity index (χ1v) is 7.83. The molecule has 0 spiro atoms. The number of likely N-dealkylation sites (N-methyl/N-ethyl adjacent to an activating group) is 1. The van der Waals surface area contributed by atoms with Crippen molar-refractivity contribution >= 4 is 17.5 Å². The Morgan fingerprint density at radius 2 is 2.27 bits per heavy atom. The number of pyridine rings is 1. The molecule has 0 unspecified atom stereocenters. The fraction of sp³-hybridized carbons (Fsp3) is 0.600. The molecule has 1 fully saturated rings. The topological polar surface area (TPSA) is 71.9 Å². The van der Waals surface area contributed by atoms with Gasteiger partial charge in [0, 0.05) is 32.1 Å². The van der Waals surface area contributed by atoms with E-state index >= 15 is 0 Å². The van der Waals surface area contributed by atoms with E-state index in [4.69, 9.17) is 26.2 Å². The highest BCUT2D eigenvalue weighted by molar-refractivity contribution is 6.32. The predicted octanol–water partition coefficient (Wildman–Crippen LogP) is 1.75. The first kappa shape index (κ1) is 17.0. The molecule has 0 aromatic carbocycles. The molecular formula is C15H21ClN2O4. The van der Waals surface area contributed by atoms with E-state index in [2.05, 4.69) is 4.98 Å². The zero-order valence-electron chi connectivity index (χ0n) is 12.6. The Morgan fingerprint density at radius 3 is 2.86 bits per heavy atom. The van der Waals surface area contributed by atoms with Gasteiger partial charge < -0.3 is 19.5 Å². The Bertz CT molecular complexity index is 506. The van der Waals surface area contributed by atoms with E-state index in [1.165, 1.54) is 11.1 Å². The fourth-order valence-corrected chi connectivity index (χ4v) is 2.50. The molecule has 0 aliphatic carbocycles. The SMILES string of the molecule is CCN(CCO)C(=O)c1cnc(OC2CCOCC2)c(Cl)c1. The number of hydrogen-bond donors (Lipinski definition) is 1. The summed E-state index contributed by atoms with van der Waals surface area (Å²) in [4.78, 5) is 18.0. The average Bonchev–Trinajstić information content (AvgIpc) is 2.55. The van der Waals surface area contributed by atoms with E-state index in [0.29, 0.717) is 36.2 Å². The van der Waals surface area contributed by atoms with Crippen LogP contribution >= 0.6 is 11.6 Å². The molecule has 122 valence electrons. The molecule has 1 N–H and O–H groups in total. The van der Waals surface area contributed by atoms with Crippen LogP contribution in [0, 0.1) is 0 Å². The van der Waals surface area contributed by atoms with Crippen LogP contribution in [0.25, 0.3) is 0 Å². The minimum atomic E-state index is -0.205. The van der Waals surface area contributed by atoms with Crippen LogP contribution in [0.3, 0.4) is 0 Å². The summed E-state index contributed by atoms with van der Waals surface area (Å²) in [5.41, 5.74) is 0.389. The van der Waals surface area contributed by atoms with Crippen LogP contribution in [0.4, 0.5) is 0 Å². The van der Waals surface area contributed by atoms with Gasteiger partial charge in [0.15, 0.2) is 0 Å². The molecule has 1 amide bonds. The number of carbonyl (C=O) groups is 1. The number of aromatic nitrogens is 1. The zero-order valence-corrected chi connectivity index (χ0v) is 13.4. The summed E-state index contributed by atoms with van der Waals surface area (Å²) in [6, 6.07) is 1.56. The maximum absolute atomic E-state index is 12.3. The van der Waals surface area contributed by atoms with Crippen LogP contribution in [0.1, 0.15) is 30.1 Å². The highest BCUT2D eigenvalue weighted by atomic mass is 35.5. The van der Waals surface area contributed by atoms with E-state index in [1.807, 2.05) is 6.92 Å². The molecule has 0 radical (unpaired) electrons. The van der Waals surface area contributed by atoms with Gasteiger partial charge in [-0.2, -0.15) is 0 Å². The summed E-state index contributed by atoms with van der Waals surface area (Å²) < 4.78 is 11.0. The standard InChI is InChI=1S/C15H21ClN2O4/c1-2-18(5-6-19)15(20)11-9-13(16)14(17-10-11)22-12-3-7-21-8-4-12/h9-10,12,19H,2-8H2,1H3. The first-order chi connectivity index (χ1) is 10.7. The Hall–Kier alpha value is -1.37. The summed E-state index contributed by atoms with van der Waals surface area (Å²) in [7, 11) is 0. The quantitative estimate of drug-likeness (QED) is 0.861. The summed E-state index contributed by atoms with van der Waals surface area (Å²) in [6.07, 6.45) is 3.11. The second-order valence-corrected chi connectivity index (χ2v) is 5.46. The van der Waals surface area contributed by atoms with Crippen molar-refractivity contribution in [1.29, 1.82) is 0 Å². The maximum Gasteiger partial charge on any atom is 0.255 e. The average molecular weight is 329 g/mol. The van der Waals surface area contributed by atoms with E-state index in [9.17, 15) is 4.79 Å². The van der Waals surface area contributed by atoms with Gasteiger partial charge in [-0.25, -0.2) is 4.98 Å². The van der Waals surface area contributed by atoms with Crippen LogP contribution < -0.4 is 4.74 Å². The minimum absolute atomic E-state index is 0.0434. The van der Waals surface area contributed by atoms with Crippen molar-refractivity contribution in [2.24, 2.45) is 0 Å². The number of rotatable bonds is 6. The lowest BCUT2D eigenvalue weighted by atomic mass is 10.1. The van der Waals surface area contributed by atoms with Gasteiger partial charge in [0.05, 0.1) is 25.4 Å². The van der Waals surface area contributed by atoms with Gasteiger partial charge in [0.25, 0.3) is 5.91 Å². The number of ether oxygens (including phenoxy) is 2. The van der Waals surface area contributed by atoms with E-state index in [0.717, 1.165) is 12.8 Å². The second kappa shape index (κ2) is 8.31. The van der Waals surface area contributed by atoms with Gasteiger partial charge >= 0.3 is 0 Å². The molecule has 1 aliphatic rings. The van der Waals surface area contributed by atoms with Gasteiger partial charge in [-0.05, 0) is 13.0 Å². The fourth-order valence-electron chi connectivity index (χ4n) is 2.29. The summed E-state index contributed by atoms with van der Waals surface area (Å²) >= 11 is 6.18. The Morgan fingerprint density at radius 1 is 1.55 bits per heavy atom. The molecule has 1 aromatic rings. The lowest BCUT2D eigenvalue weighted by Crippen LogP contribution is -2.33. The summed E-state index contributed by atoms with van der Waals surface area (Å²) in [5.74, 6) is 0.138. The Balaban J connectivity index is 2.06. The minimum Gasteiger partial charge on any atom is -0.473 e. The molecule has 2 rings (SSSR count). The largest absolute Gasteiger partial charge is 0.473 e. The van der Waals surface area contributed by atoms with Crippen molar-refractivity contribution in [3.8, 4) is 5.88 Å². The number of amides is 1. The second-order valence-electron chi connectivity index (χ2n) is 5.05. The van der Waals surface area contributed by atoms with E-state index in [1.54, 1.807) is 6.07 Å². The summed E-state index contributed by atoms with van der Waals surface area (Å²) in [5, 5.41) is 9.30. The highest BCUT2D eigenvalue weighted by Crippen LogP contribution is 2.26. The van der Waals surface area contributed by atoms with Crippen molar-refractivity contribution < 1.29 is 19.4 Å². The van der Waals surface area contributed by atoms with Crippen LogP contribution in [0.5, 0.6) is 5.88 Å². The van der Waals surface area contributed by atoms with Crippen molar-refractivity contribution in [1.82, 2.24) is 9.88 Å². The predicted molar refractivity (Wildman–Crippen MR) is 82.4 cm³/mol. The molecule has 1 aliphatic heterocycles. The van der Waals surface area contributed by atoms with Gasteiger partial charge in [0.1, 0.15) is 11.1 Å². The number of nitrogens with zero attached hydrogens (tertiary/aromatic N) is 2. The van der Waals surface area contributed by atoms with Crippen molar-refractivity contribution in [3.63, 3.8) is 0 Å².